The van der Waals surface area contributed by atoms with Gasteiger partial charge in [-0.05, 0) is 5.92 Å². The molecule has 0 fully saturated rings. The molecule has 0 spiro atoms. The van der Waals surface area contributed by atoms with Crippen molar-refractivity contribution in [1.29, 1.82) is 0 Å². The number of aliphatic hydroxyl groups is 1. The standard InChI is InChI=1S/C7H17NO5S2/c1-6(2)7(4-9)8-15(12,13)5-14(3,10)11/h6-9H,4-5H2,1-3H3. The molecule has 0 heterocycles. The molecule has 15 heavy (non-hydrogen) atoms. The summed E-state index contributed by atoms with van der Waals surface area (Å²) in [5, 5.41) is 7.93. The van der Waals surface area contributed by atoms with Gasteiger partial charge in [0.25, 0.3) is 0 Å². The highest BCUT2D eigenvalue weighted by atomic mass is 32.3. The van der Waals surface area contributed by atoms with Gasteiger partial charge in [-0.3, -0.25) is 0 Å². The van der Waals surface area contributed by atoms with Gasteiger partial charge in [0.1, 0.15) is 0 Å². The van der Waals surface area contributed by atoms with Crippen molar-refractivity contribution in [2.45, 2.75) is 19.9 Å². The fourth-order valence-electron chi connectivity index (χ4n) is 0.931. The van der Waals surface area contributed by atoms with Crippen molar-refractivity contribution in [3.05, 3.63) is 0 Å². The molecule has 0 radical (unpaired) electrons. The van der Waals surface area contributed by atoms with Gasteiger partial charge in [0.05, 0.1) is 6.61 Å². The SMILES string of the molecule is CC(C)C(CO)NS(=O)(=O)CS(C)(=O)=O. The first kappa shape index (κ1) is 14.8. The van der Waals surface area contributed by atoms with Crippen LogP contribution < -0.4 is 4.72 Å². The first-order chi connectivity index (χ1) is 6.57. The second kappa shape index (κ2) is 5.24. The van der Waals surface area contributed by atoms with Crippen LogP contribution in [0, 0.1) is 5.92 Å². The second-order valence-corrected chi connectivity index (χ2v) is 8.07. The minimum Gasteiger partial charge on any atom is -0.395 e. The number of hydrogen-bond donors (Lipinski definition) is 2. The minimum absolute atomic E-state index is 0.107. The number of rotatable bonds is 6. The van der Waals surface area contributed by atoms with Gasteiger partial charge in [-0.25, -0.2) is 21.6 Å². The highest BCUT2D eigenvalue weighted by Crippen LogP contribution is 2.03. The van der Waals surface area contributed by atoms with Crippen molar-refractivity contribution in [2.24, 2.45) is 5.92 Å². The lowest BCUT2D eigenvalue weighted by molar-refractivity contribution is 0.228. The summed E-state index contributed by atoms with van der Waals surface area (Å²) in [4.78, 5) is 0. The molecule has 0 bridgehead atoms. The fraction of sp³-hybridized carbons (Fsp3) is 1.00. The Bertz CT molecular complexity index is 384. The largest absolute Gasteiger partial charge is 0.395 e. The Labute approximate surface area is 90.7 Å². The third-order valence-electron chi connectivity index (χ3n) is 1.70. The van der Waals surface area contributed by atoms with Crippen molar-refractivity contribution in [1.82, 2.24) is 4.72 Å². The molecule has 0 amide bonds. The van der Waals surface area contributed by atoms with E-state index < -0.39 is 31.0 Å². The van der Waals surface area contributed by atoms with Crippen LogP contribution in [0.4, 0.5) is 0 Å². The third kappa shape index (κ3) is 6.82. The molecule has 0 aromatic carbocycles. The zero-order valence-corrected chi connectivity index (χ0v) is 10.6. The third-order valence-corrected chi connectivity index (χ3v) is 5.32. The first-order valence-corrected chi connectivity index (χ1v) is 8.07. The van der Waals surface area contributed by atoms with E-state index in [4.69, 9.17) is 5.11 Å². The molecule has 92 valence electrons. The topological polar surface area (TPSA) is 101 Å². The predicted molar refractivity (Wildman–Crippen MR) is 57.5 cm³/mol. The van der Waals surface area contributed by atoms with Crippen LogP contribution in [0.25, 0.3) is 0 Å². The molecule has 0 aromatic rings. The van der Waals surface area contributed by atoms with E-state index in [-0.39, 0.29) is 12.5 Å². The van der Waals surface area contributed by atoms with Crippen LogP contribution in [0.15, 0.2) is 0 Å². The minimum atomic E-state index is -3.89. The van der Waals surface area contributed by atoms with Gasteiger partial charge in [-0.15, -0.1) is 0 Å². The van der Waals surface area contributed by atoms with Crippen molar-refractivity contribution >= 4 is 19.9 Å². The molecule has 0 aliphatic carbocycles. The van der Waals surface area contributed by atoms with Gasteiger partial charge >= 0.3 is 0 Å². The summed E-state index contributed by atoms with van der Waals surface area (Å²) < 4.78 is 46.4. The number of aliphatic hydroxyl groups excluding tert-OH is 1. The fourth-order valence-corrected chi connectivity index (χ4v) is 4.27. The van der Waals surface area contributed by atoms with Crippen LogP contribution >= 0.6 is 0 Å². The molecule has 0 aliphatic heterocycles. The Morgan fingerprint density at radius 1 is 1.20 bits per heavy atom. The molecule has 0 saturated carbocycles. The Morgan fingerprint density at radius 3 is 1.93 bits per heavy atom. The average molecular weight is 259 g/mol. The van der Waals surface area contributed by atoms with Gasteiger partial charge in [0.2, 0.25) is 10.0 Å². The lowest BCUT2D eigenvalue weighted by atomic mass is 10.1. The Morgan fingerprint density at radius 2 is 1.67 bits per heavy atom. The summed E-state index contributed by atoms with van der Waals surface area (Å²) in [6.45, 7) is 3.09. The molecule has 0 rings (SSSR count). The van der Waals surface area contributed by atoms with Gasteiger partial charge in [0.15, 0.2) is 14.9 Å². The van der Waals surface area contributed by atoms with Crippen molar-refractivity contribution in [3.63, 3.8) is 0 Å². The molecule has 0 aliphatic rings. The summed E-state index contributed by atoms with van der Waals surface area (Å²) in [6.07, 6.45) is 0.843. The lowest BCUT2D eigenvalue weighted by Crippen LogP contribution is -2.43. The van der Waals surface area contributed by atoms with Crippen LogP contribution in [0.2, 0.25) is 0 Å². The Balaban J connectivity index is 4.65. The lowest BCUT2D eigenvalue weighted by Gasteiger charge is -2.19. The summed E-state index contributed by atoms with van der Waals surface area (Å²) in [7, 11) is -7.49. The molecule has 0 saturated heterocycles. The van der Waals surface area contributed by atoms with Crippen molar-refractivity contribution in [3.8, 4) is 0 Å². The van der Waals surface area contributed by atoms with E-state index in [0.717, 1.165) is 6.26 Å². The summed E-state index contributed by atoms with van der Waals surface area (Å²) in [5.41, 5.74) is 0. The Kier molecular flexibility index (Phi) is 5.18. The highest BCUT2D eigenvalue weighted by molar-refractivity contribution is 8.06. The molecular formula is C7H17NO5S2. The van der Waals surface area contributed by atoms with E-state index in [1.807, 2.05) is 0 Å². The monoisotopic (exact) mass is 259 g/mol. The average Bonchev–Trinajstić information content (AvgIpc) is 1.94. The van der Waals surface area contributed by atoms with E-state index in [1.54, 1.807) is 13.8 Å². The molecule has 0 aromatic heterocycles. The van der Waals surface area contributed by atoms with E-state index in [2.05, 4.69) is 4.72 Å². The number of sulfone groups is 1. The second-order valence-electron chi connectivity index (χ2n) is 3.81. The quantitative estimate of drug-likeness (QED) is 0.632. The number of hydrogen-bond acceptors (Lipinski definition) is 5. The zero-order chi connectivity index (χ0) is 12.3. The number of nitrogens with one attached hydrogen (secondary N) is 1. The smallest absolute Gasteiger partial charge is 0.226 e. The normalized spacial score (nSPS) is 15.5. The van der Waals surface area contributed by atoms with E-state index in [0.29, 0.717) is 0 Å². The predicted octanol–water partition coefficient (Wildman–Crippen LogP) is -1.08. The maximum atomic E-state index is 11.3. The first-order valence-electron chi connectivity index (χ1n) is 4.36. The van der Waals surface area contributed by atoms with Gasteiger partial charge in [0, 0.05) is 12.3 Å². The molecule has 2 N–H and O–H groups in total. The van der Waals surface area contributed by atoms with Crippen LogP contribution in [-0.4, -0.2) is 45.9 Å². The van der Waals surface area contributed by atoms with Crippen molar-refractivity contribution < 1.29 is 21.9 Å². The molecule has 1 atom stereocenters. The highest BCUT2D eigenvalue weighted by Gasteiger charge is 2.23. The van der Waals surface area contributed by atoms with Crippen molar-refractivity contribution in [2.75, 3.05) is 17.9 Å². The Hall–Kier alpha value is -0.180. The van der Waals surface area contributed by atoms with Crippen LogP contribution in [0.1, 0.15) is 13.8 Å². The summed E-state index contributed by atoms with van der Waals surface area (Å²) in [5.74, 6) is -0.107. The van der Waals surface area contributed by atoms with Crippen LogP contribution in [-0.2, 0) is 19.9 Å². The summed E-state index contributed by atoms with van der Waals surface area (Å²) >= 11 is 0. The van der Waals surface area contributed by atoms with E-state index >= 15 is 0 Å². The van der Waals surface area contributed by atoms with E-state index in [9.17, 15) is 16.8 Å². The maximum Gasteiger partial charge on any atom is 0.226 e. The van der Waals surface area contributed by atoms with Gasteiger partial charge in [-0.2, -0.15) is 0 Å². The zero-order valence-electron chi connectivity index (χ0n) is 8.97. The van der Waals surface area contributed by atoms with E-state index in [1.165, 1.54) is 0 Å². The molecule has 6 nitrogen and oxygen atoms in total. The molecule has 1 unspecified atom stereocenters. The maximum absolute atomic E-state index is 11.3. The molecular weight excluding hydrogens is 242 g/mol. The molecule has 8 heteroatoms. The summed E-state index contributed by atoms with van der Waals surface area (Å²) in [6, 6.07) is -0.656. The van der Waals surface area contributed by atoms with Crippen LogP contribution in [0.3, 0.4) is 0 Å². The number of sulfonamides is 1. The van der Waals surface area contributed by atoms with Gasteiger partial charge < -0.3 is 5.11 Å². The van der Waals surface area contributed by atoms with Gasteiger partial charge in [-0.1, -0.05) is 13.8 Å². The van der Waals surface area contributed by atoms with Crippen LogP contribution in [0.5, 0.6) is 0 Å².